The van der Waals surface area contributed by atoms with Gasteiger partial charge in [0.25, 0.3) is 0 Å². The Hall–Kier alpha value is -1.56. The summed E-state index contributed by atoms with van der Waals surface area (Å²) in [5, 5.41) is 6.45. The second-order valence-corrected chi connectivity index (χ2v) is 8.50. The largest absolute Gasteiger partial charge is 0.357 e. The first kappa shape index (κ1) is 17.8. The summed E-state index contributed by atoms with van der Waals surface area (Å²) in [5.74, 6) is 1.49. The first-order chi connectivity index (χ1) is 10.9. The van der Waals surface area contributed by atoms with Crippen molar-refractivity contribution in [3.63, 3.8) is 0 Å². The van der Waals surface area contributed by atoms with Crippen molar-refractivity contribution >= 4 is 15.8 Å². The van der Waals surface area contributed by atoms with Crippen LogP contribution in [0.1, 0.15) is 37.3 Å². The molecule has 23 heavy (non-hydrogen) atoms. The lowest BCUT2D eigenvalue weighted by atomic mass is 10.0. The van der Waals surface area contributed by atoms with Crippen molar-refractivity contribution in [2.24, 2.45) is 4.99 Å². The molecular formula is C17H27N3O2S. The molecule has 6 heteroatoms. The van der Waals surface area contributed by atoms with Gasteiger partial charge in [-0.3, -0.25) is 4.99 Å². The summed E-state index contributed by atoms with van der Waals surface area (Å²) in [5.41, 5.74) is 2.51. The van der Waals surface area contributed by atoms with Crippen molar-refractivity contribution in [2.45, 2.75) is 39.2 Å². The minimum absolute atomic E-state index is 0.0347. The summed E-state index contributed by atoms with van der Waals surface area (Å²) < 4.78 is 23.1. The van der Waals surface area contributed by atoms with Crippen molar-refractivity contribution in [1.82, 2.24) is 10.6 Å². The monoisotopic (exact) mass is 337 g/mol. The molecular weight excluding hydrogens is 310 g/mol. The molecule has 0 bridgehead atoms. The molecule has 128 valence electrons. The number of guanidine groups is 1. The van der Waals surface area contributed by atoms with E-state index >= 15 is 0 Å². The third kappa shape index (κ3) is 5.53. The van der Waals surface area contributed by atoms with Crippen LogP contribution in [0.15, 0.2) is 29.3 Å². The molecule has 0 aliphatic carbocycles. The summed E-state index contributed by atoms with van der Waals surface area (Å²) in [4.78, 5) is 4.62. The number of benzene rings is 1. The van der Waals surface area contributed by atoms with Crippen LogP contribution < -0.4 is 10.6 Å². The molecule has 1 aromatic rings. The molecule has 1 aliphatic rings. The zero-order valence-electron chi connectivity index (χ0n) is 14.2. The van der Waals surface area contributed by atoms with Gasteiger partial charge < -0.3 is 10.6 Å². The quantitative estimate of drug-likeness (QED) is 0.635. The summed E-state index contributed by atoms with van der Waals surface area (Å²) in [6.07, 6.45) is 0.653. The van der Waals surface area contributed by atoms with Gasteiger partial charge >= 0.3 is 0 Å². The number of nitrogens with one attached hydrogen (secondary N) is 2. The van der Waals surface area contributed by atoms with Crippen LogP contribution in [-0.2, 0) is 9.84 Å². The van der Waals surface area contributed by atoms with Crippen LogP contribution in [0.2, 0.25) is 0 Å². The zero-order chi connectivity index (χ0) is 16.9. The van der Waals surface area contributed by atoms with Crippen molar-refractivity contribution in [1.29, 1.82) is 0 Å². The predicted molar refractivity (Wildman–Crippen MR) is 95.8 cm³/mol. The minimum Gasteiger partial charge on any atom is -0.357 e. The number of rotatable bonds is 5. The topological polar surface area (TPSA) is 70.6 Å². The van der Waals surface area contributed by atoms with Crippen LogP contribution in [0, 0.1) is 6.92 Å². The van der Waals surface area contributed by atoms with Crippen molar-refractivity contribution in [3.8, 4) is 0 Å². The standard InChI is InChI=1S/C17H27N3O2S/c1-4-18-17(20-16-9-10-23(21,22)12-16)19-11-14(3)15-7-5-13(2)6-8-15/h5-8,14,16H,4,9-12H2,1-3H3,(H2,18,19,20). The Balaban J connectivity index is 1.96. The van der Waals surface area contributed by atoms with E-state index in [1.165, 1.54) is 11.1 Å². The summed E-state index contributed by atoms with van der Waals surface area (Å²) >= 11 is 0. The Labute approximate surface area is 139 Å². The fraction of sp³-hybridized carbons (Fsp3) is 0.588. The van der Waals surface area contributed by atoms with Crippen LogP contribution in [0.3, 0.4) is 0 Å². The van der Waals surface area contributed by atoms with Crippen LogP contribution in [0.4, 0.5) is 0 Å². The number of aryl methyl sites for hydroxylation is 1. The van der Waals surface area contributed by atoms with Crippen LogP contribution in [0.5, 0.6) is 0 Å². The molecule has 1 fully saturated rings. The molecule has 5 nitrogen and oxygen atoms in total. The smallest absolute Gasteiger partial charge is 0.191 e. The average Bonchev–Trinajstić information content (AvgIpc) is 2.84. The Kier molecular flexibility index (Phi) is 6.04. The van der Waals surface area contributed by atoms with E-state index in [4.69, 9.17) is 0 Å². The fourth-order valence-corrected chi connectivity index (χ4v) is 4.32. The van der Waals surface area contributed by atoms with E-state index in [1.807, 2.05) is 6.92 Å². The van der Waals surface area contributed by atoms with Crippen molar-refractivity contribution < 1.29 is 8.42 Å². The van der Waals surface area contributed by atoms with Crippen LogP contribution in [0.25, 0.3) is 0 Å². The average molecular weight is 337 g/mol. The van der Waals surface area contributed by atoms with Gasteiger partial charge in [0.2, 0.25) is 0 Å². The molecule has 1 saturated heterocycles. The van der Waals surface area contributed by atoms with E-state index in [0.717, 1.165) is 6.54 Å². The maximum atomic E-state index is 11.6. The summed E-state index contributed by atoms with van der Waals surface area (Å²) in [6, 6.07) is 8.47. The lowest BCUT2D eigenvalue weighted by Gasteiger charge is -2.17. The van der Waals surface area contributed by atoms with E-state index < -0.39 is 9.84 Å². The maximum absolute atomic E-state index is 11.6. The van der Waals surface area contributed by atoms with Crippen molar-refractivity contribution in [2.75, 3.05) is 24.6 Å². The molecule has 0 amide bonds. The van der Waals surface area contributed by atoms with E-state index in [1.54, 1.807) is 0 Å². The predicted octanol–water partition coefficient (Wildman–Crippen LogP) is 1.84. The molecule has 1 aliphatic heterocycles. The second kappa shape index (κ2) is 7.81. The first-order valence-corrected chi connectivity index (χ1v) is 10.0. The highest BCUT2D eigenvalue weighted by Gasteiger charge is 2.28. The highest BCUT2D eigenvalue weighted by molar-refractivity contribution is 7.91. The molecule has 0 aromatic heterocycles. The van der Waals surface area contributed by atoms with Gasteiger partial charge in [0.15, 0.2) is 15.8 Å². The molecule has 1 aromatic carbocycles. The molecule has 0 spiro atoms. The lowest BCUT2D eigenvalue weighted by Crippen LogP contribution is -2.44. The van der Waals surface area contributed by atoms with E-state index in [0.29, 0.717) is 24.8 Å². The van der Waals surface area contributed by atoms with Gasteiger partial charge in [0.05, 0.1) is 11.5 Å². The number of aliphatic imine (C=N–C) groups is 1. The SMILES string of the molecule is CCNC(=NCC(C)c1ccc(C)cc1)NC1CCS(=O)(=O)C1. The molecule has 2 atom stereocenters. The third-order valence-electron chi connectivity index (χ3n) is 4.09. The third-order valence-corrected chi connectivity index (χ3v) is 5.86. The Bertz CT molecular complexity index is 638. The van der Waals surface area contributed by atoms with Gasteiger partial charge in [0, 0.05) is 25.0 Å². The fourth-order valence-electron chi connectivity index (χ4n) is 2.65. The van der Waals surface area contributed by atoms with Gasteiger partial charge in [-0.25, -0.2) is 8.42 Å². The number of sulfone groups is 1. The molecule has 1 heterocycles. The van der Waals surface area contributed by atoms with E-state index in [2.05, 4.69) is 53.7 Å². The van der Waals surface area contributed by atoms with Crippen LogP contribution >= 0.6 is 0 Å². The maximum Gasteiger partial charge on any atom is 0.191 e. The Morgan fingerprint density at radius 1 is 1.35 bits per heavy atom. The first-order valence-electron chi connectivity index (χ1n) is 8.21. The normalized spacial score (nSPS) is 21.9. The summed E-state index contributed by atoms with van der Waals surface area (Å²) in [7, 11) is -2.88. The highest BCUT2D eigenvalue weighted by Crippen LogP contribution is 2.16. The van der Waals surface area contributed by atoms with Crippen LogP contribution in [-0.4, -0.2) is 45.0 Å². The molecule has 2 rings (SSSR count). The van der Waals surface area contributed by atoms with Gasteiger partial charge in [-0.1, -0.05) is 36.8 Å². The van der Waals surface area contributed by atoms with E-state index in [9.17, 15) is 8.42 Å². The van der Waals surface area contributed by atoms with Gasteiger partial charge in [-0.15, -0.1) is 0 Å². The van der Waals surface area contributed by atoms with Gasteiger partial charge in [0.1, 0.15) is 0 Å². The number of hydrogen-bond donors (Lipinski definition) is 2. The minimum atomic E-state index is -2.88. The number of hydrogen-bond acceptors (Lipinski definition) is 3. The second-order valence-electron chi connectivity index (χ2n) is 6.28. The number of nitrogens with zero attached hydrogens (tertiary/aromatic N) is 1. The summed E-state index contributed by atoms with van der Waals surface area (Å²) in [6.45, 7) is 7.65. The lowest BCUT2D eigenvalue weighted by molar-refractivity contribution is 0.599. The van der Waals surface area contributed by atoms with Crippen molar-refractivity contribution in [3.05, 3.63) is 35.4 Å². The Morgan fingerprint density at radius 2 is 2.04 bits per heavy atom. The van der Waals surface area contributed by atoms with Gasteiger partial charge in [-0.2, -0.15) is 0 Å². The molecule has 2 N–H and O–H groups in total. The van der Waals surface area contributed by atoms with E-state index in [-0.39, 0.29) is 17.5 Å². The molecule has 0 radical (unpaired) electrons. The molecule has 2 unspecified atom stereocenters. The zero-order valence-corrected chi connectivity index (χ0v) is 15.0. The highest BCUT2D eigenvalue weighted by atomic mass is 32.2. The van der Waals surface area contributed by atoms with Gasteiger partial charge in [-0.05, 0) is 25.8 Å². The Morgan fingerprint density at radius 3 is 2.61 bits per heavy atom. The molecule has 0 saturated carbocycles.